The topological polar surface area (TPSA) is 58.6 Å². The fourth-order valence-electron chi connectivity index (χ4n) is 8.00. The van der Waals surface area contributed by atoms with E-state index in [9.17, 15) is 4.79 Å². The highest BCUT2D eigenvalue weighted by molar-refractivity contribution is 5.83. The van der Waals surface area contributed by atoms with Crippen molar-refractivity contribution in [3.05, 3.63) is 46.9 Å². The molecule has 0 atom stereocenters. The lowest BCUT2D eigenvalue weighted by Gasteiger charge is -2.57. The molecule has 35 heavy (non-hydrogen) atoms. The molecule has 4 bridgehead atoms. The highest BCUT2D eigenvalue weighted by atomic mass is 16.5. The summed E-state index contributed by atoms with van der Waals surface area (Å²) >= 11 is 0. The predicted molar refractivity (Wildman–Crippen MR) is 137 cm³/mol. The van der Waals surface area contributed by atoms with Crippen LogP contribution in [0.25, 0.3) is 0 Å². The molecular formula is C29H38N4O2. The molecule has 6 nitrogen and oxygen atoms in total. The maximum Gasteiger partial charge on any atom is 0.228 e. The first kappa shape index (κ1) is 22.8. The van der Waals surface area contributed by atoms with Crippen molar-refractivity contribution in [2.24, 2.45) is 23.2 Å². The van der Waals surface area contributed by atoms with E-state index in [1.807, 2.05) is 19.1 Å². The molecule has 7 rings (SSSR count). The van der Waals surface area contributed by atoms with Gasteiger partial charge in [0.25, 0.3) is 0 Å². The van der Waals surface area contributed by atoms with Crippen LogP contribution in [0.15, 0.2) is 24.3 Å². The summed E-state index contributed by atoms with van der Waals surface area (Å²) in [6, 6.07) is 8.23. The third kappa shape index (κ3) is 4.19. The highest BCUT2D eigenvalue weighted by Crippen LogP contribution is 2.60. The maximum absolute atomic E-state index is 13.8. The highest BCUT2D eigenvalue weighted by Gasteiger charge is 2.55. The standard InChI is InChI=1S/C29H38N4O2/c1-19-26(15-21-5-4-6-25(14-21)35-3)27(31-20(2)30-19)32-7-9-33(10-8-32)28(34)29-16-22-11-23(17-29)13-24(12-22)18-29/h4-6,14,22-24H,7-13,15-18H2,1-3H3. The Morgan fingerprint density at radius 3 is 2.29 bits per heavy atom. The van der Waals surface area contributed by atoms with Crippen LogP contribution in [0.1, 0.15) is 61.2 Å². The van der Waals surface area contributed by atoms with Crippen molar-refractivity contribution in [3.63, 3.8) is 0 Å². The van der Waals surface area contributed by atoms with Gasteiger partial charge in [-0.3, -0.25) is 4.79 Å². The average Bonchev–Trinajstić information content (AvgIpc) is 2.84. The molecule has 1 saturated heterocycles. The van der Waals surface area contributed by atoms with Gasteiger partial charge in [-0.15, -0.1) is 0 Å². The molecule has 6 heteroatoms. The van der Waals surface area contributed by atoms with Crippen LogP contribution in [-0.4, -0.2) is 54.1 Å². The van der Waals surface area contributed by atoms with Gasteiger partial charge in [-0.05, 0) is 87.8 Å². The van der Waals surface area contributed by atoms with Crippen LogP contribution in [0.3, 0.4) is 0 Å². The molecule has 0 spiro atoms. The van der Waals surface area contributed by atoms with Gasteiger partial charge < -0.3 is 14.5 Å². The van der Waals surface area contributed by atoms with Gasteiger partial charge in [-0.1, -0.05) is 12.1 Å². The summed E-state index contributed by atoms with van der Waals surface area (Å²) < 4.78 is 5.43. The largest absolute Gasteiger partial charge is 0.497 e. The Labute approximate surface area is 209 Å². The quantitative estimate of drug-likeness (QED) is 0.636. The minimum absolute atomic E-state index is 0.0451. The molecule has 4 aliphatic carbocycles. The third-order valence-electron chi connectivity index (χ3n) is 9.18. The molecule has 2 heterocycles. The van der Waals surface area contributed by atoms with E-state index in [4.69, 9.17) is 9.72 Å². The van der Waals surface area contributed by atoms with Gasteiger partial charge in [0.05, 0.1) is 12.5 Å². The Bertz CT molecular complexity index is 1090. The Morgan fingerprint density at radius 1 is 1.00 bits per heavy atom. The monoisotopic (exact) mass is 474 g/mol. The molecule has 0 radical (unpaired) electrons. The number of anilines is 1. The number of hydrogen-bond acceptors (Lipinski definition) is 5. The number of rotatable bonds is 5. The van der Waals surface area contributed by atoms with Crippen LogP contribution in [0.2, 0.25) is 0 Å². The van der Waals surface area contributed by atoms with Crippen molar-refractivity contribution >= 4 is 11.7 Å². The second kappa shape index (κ2) is 8.79. The van der Waals surface area contributed by atoms with E-state index in [1.165, 1.54) is 30.4 Å². The molecule has 186 valence electrons. The number of methoxy groups -OCH3 is 1. The Kier molecular flexibility index (Phi) is 5.73. The summed E-state index contributed by atoms with van der Waals surface area (Å²) in [6.07, 6.45) is 8.34. The number of aryl methyl sites for hydroxylation is 2. The molecule has 4 saturated carbocycles. The van der Waals surface area contributed by atoms with Crippen LogP contribution in [-0.2, 0) is 11.2 Å². The van der Waals surface area contributed by atoms with Crippen LogP contribution in [0.5, 0.6) is 5.75 Å². The minimum Gasteiger partial charge on any atom is -0.497 e. The zero-order valence-corrected chi connectivity index (χ0v) is 21.4. The van der Waals surface area contributed by atoms with Crippen LogP contribution in [0.4, 0.5) is 5.82 Å². The normalized spacial score (nSPS) is 29.5. The van der Waals surface area contributed by atoms with Crippen molar-refractivity contribution in [2.45, 2.75) is 58.8 Å². The van der Waals surface area contributed by atoms with Gasteiger partial charge in [-0.2, -0.15) is 0 Å². The van der Waals surface area contributed by atoms with Gasteiger partial charge in [0.2, 0.25) is 5.91 Å². The van der Waals surface area contributed by atoms with Gasteiger partial charge in [-0.25, -0.2) is 9.97 Å². The van der Waals surface area contributed by atoms with E-state index in [1.54, 1.807) is 7.11 Å². The van der Waals surface area contributed by atoms with Crippen molar-refractivity contribution < 1.29 is 9.53 Å². The van der Waals surface area contributed by atoms with Gasteiger partial charge in [0.15, 0.2) is 0 Å². The second-order valence-corrected chi connectivity index (χ2v) is 11.7. The molecule has 2 aromatic rings. The van der Waals surface area contributed by atoms with Crippen LogP contribution >= 0.6 is 0 Å². The summed E-state index contributed by atoms with van der Waals surface area (Å²) in [5, 5.41) is 0. The first-order valence-corrected chi connectivity index (χ1v) is 13.4. The summed E-state index contributed by atoms with van der Waals surface area (Å²) in [4.78, 5) is 28.0. The summed E-state index contributed by atoms with van der Waals surface area (Å²) in [5.41, 5.74) is 3.35. The molecule has 1 aliphatic heterocycles. The van der Waals surface area contributed by atoms with Crippen molar-refractivity contribution in [1.82, 2.24) is 14.9 Å². The van der Waals surface area contributed by atoms with E-state index in [0.29, 0.717) is 5.91 Å². The number of benzene rings is 1. The Hall–Kier alpha value is -2.63. The SMILES string of the molecule is COc1cccc(Cc2c(C)nc(C)nc2N2CCN(C(=O)C34CC5CC(CC(C5)C3)C4)CC2)c1. The van der Waals surface area contributed by atoms with Crippen molar-refractivity contribution in [2.75, 3.05) is 38.2 Å². The summed E-state index contributed by atoms with van der Waals surface area (Å²) in [5.74, 6) is 5.57. The third-order valence-corrected chi connectivity index (χ3v) is 9.18. The molecule has 0 N–H and O–H groups in total. The number of carbonyl (C=O) groups is 1. The van der Waals surface area contributed by atoms with Crippen molar-refractivity contribution in [3.8, 4) is 5.75 Å². The molecule has 0 unspecified atom stereocenters. The van der Waals surface area contributed by atoms with Gasteiger partial charge in [0.1, 0.15) is 17.4 Å². The molecule has 1 aromatic carbocycles. The number of aromatic nitrogens is 2. The van der Waals surface area contributed by atoms with Crippen LogP contribution < -0.4 is 9.64 Å². The van der Waals surface area contributed by atoms with Gasteiger partial charge in [0, 0.05) is 43.9 Å². The lowest BCUT2D eigenvalue weighted by molar-refractivity contribution is -0.158. The lowest BCUT2D eigenvalue weighted by atomic mass is 9.49. The first-order chi connectivity index (χ1) is 16.9. The average molecular weight is 475 g/mol. The maximum atomic E-state index is 13.8. The molecule has 1 aromatic heterocycles. The Balaban J connectivity index is 1.19. The summed E-state index contributed by atoms with van der Waals surface area (Å²) in [7, 11) is 1.70. The number of nitrogens with zero attached hydrogens (tertiary/aromatic N) is 4. The zero-order valence-electron chi connectivity index (χ0n) is 21.4. The van der Waals surface area contributed by atoms with E-state index in [0.717, 1.165) is 92.7 Å². The van der Waals surface area contributed by atoms with E-state index in [2.05, 4.69) is 33.8 Å². The number of amides is 1. The minimum atomic E-state index is -0.0451. The number of ether oxygens (including phenoxy) is 1. The molecule has 5 aliphatic rings. The number of piperazine rings is 1. The van der Waals surface area contributed by atoms with E-state index >= 15 is 0 Å². The lowest BCUT2D eigenvalue weighted by Crippen LogP contribution is -2.58. The van der Waals surface area contributed by atoms with Crippen molar-refractivity contribution in [1.29, 1.82) is 0 Å². The predicted octanol–water partition coefficient (Wildman–Crippen LogP) is 4.56. The zero-order chi connectivity index (χ0) is 24.2. The van der Waals surface area contributed by atoms with E-state index < -0.39 is 0 Å². The number of carbonyl (C=O) groups excluding carboxylic acids is 1. The van der Waals surface area contributed by atoms with E-state index in [-0.39, 0.29) is 5.41 Å². The first-order valence-electron chi connectivity index (χ1n) is 13.4. The molecule has 5 fully saturated rings. The number of hydrogen-bond donors (Lipinski definition) is 0. The van der Waals surface area contributed by atoms with Crippen LogP contribution in [0, 0.1) is 37.0 Å². The summed E-state index contributed by atoms with van der Waals surface area (Å²) in [6.45, 7) is 7.31. The fraction of sp³-hybridized carbons (Fsp3) is 0.621. The molecule has 1 amide bonds. The fourth-order valence-corrected chi connectivity index (χ4v) is 8.00. The molecular weight excluding hydrogens is 436 g/mol. The Morgan fingerprint density at radius 2 is 1.66 bits per heavy atom. The van der Waals surface area contributed by atoms with Gasteiger partial charge >= 0.3 is 0 Å². The smallest absolute Gasteiger partial charge is 0.228 e. The second-order valence-electron chi connectivity index (χ2n) is 11.7.